The zero-order chi connectivity index (χ0) is 10.6. The van der Waals surface area contributed by atoms with Gasteiger partial charge in [-0.3, -0.25) is 9.48 Å². The van der Waals surface area contributed by atoms with E-state index in [1.165, 1.54) is 5.69 Å². The molecule has 0 N–H and O–H groups in total. The Hall–Kier alpha value is -1.12. The summed E-state index contributed by atoms with van der Waals surface area (Å²) in [6.45, 7) is 3.90. The molecule has 3 nitrogen and oxygen atoms in total. The molecule has 3 heteroatoms. The summed E-state index contributed by atoms with van der Waals surface area (Å²) in [5.74, 6) is 0.522. The summed E-state index contributed by atoms with van der Waals surface area (Å²) in [7, 11) is 1.93. The van der Waals surface area contributed by atoms with Gasteiger partial charge in [-0.05, 0) is 18.9 Å². The van der Waals surface area contributed by atoms with Gasteiger partial charge < -0.3 is 0 Å². The normalized spacial score (nSPS) is 10.9. The minimum atomic E-state index is 0.168. The zero-order valence-electron chi connectivity index (χ0n) is 9.16. The molecule has 78 valence electrons. The first-order chi connectivity index (χ1) is 6.61. The van der Waals surface area contributed by atoms with Crippen LogP contribution in [0.4, 0.5) is 0 Å². The molecule has 0 amide bonds. The lowest BCUT2D eigenvalue weighted by molar-refractivity contribution is -0.121. The van der Waals surface area contributed by atoms with E-state index in [1.54, 1.807) is 6.20 Å². The Morgan fingerprint density at radius 3 is 2.79 bits per heavy atom. The van der Waals surface area contributed by atoms with Crippen LogP contribution in [0.3, 0.4) is 0 Å². The van der Waals surface area contributed by atoms with Crippen LogP contribution in [0.2, 0.25) is 0 Å². The van der Waals surface area contributed by atoms with Crippen LogP contribution in [0.1, 0.15) is 32.4 Å². The number of aryl methyl sites for hydroxylation is 2. The van der Waals surface area contributed by atoms with Crippen molar-refractivity contribution in [3.05, 3.63) is 18.0 Å². The van der Waals surface area contributed by atoms with Crippen molar-refractivity contribution < 1.29 is 4.79 Å². The van der Waals surface area contributed by atoms with E-state index in [9.17, 15) is 4.79 Å². The summed E-state index contributed by atoms with van der Waals surface area (Å²) in [5.41, 5.74) is 1.20. The molecule has 0 aliphatic heterocycles. The fourth-order valence-electron chi connectivity index (χ4n) is 1.38. The van der Waals surface area contributed by atoms with Crippen molar-refractivity contribution >= 4 is 5.78 Å². The second-order valence-electron chi connectivity index (χ2n) is 3.92. The quantitative estimate of drug-likeness (QED) is 0.718. The molecule has 0 aliphatic carbocycles. The molecular formula is C11H18N2O. The van der Waals surface area contributed by atoms with Gasteiger partial charge in [0.05, 0.1) is 0 Å². The van der Waals surface area contributed by atoms with Crippen molar-refractivity contribution in [2.24, 2.45) is 13.0 Å². The van der Waals surface area contributed by atoms with Gasteiger partial charge in [-0.25, -0.2) is 0 Å². The molecule has 1 rings (SSSR count). The SMILES string of the molecule is CC(C)C(=O)CCCc1ccnn1C. The average molecular weight is 194 g/mol. The number of ketones is 1. The molecule has 1 aromatic heterocycles. The van der Waals surface area contributed by atoms with E-state index >= 15 is 0 Å². The van der Waals surface area contributed by atoms with Gasteiger partial charge in [0.1, 0.15) is 5.78 Å². The van der Waals surface area contributed by atoms with Crippen molar-refractivity contribution in [2.75, 3.05) is 0 Å². The van der Waals surface area contributed by atoms with Crippen LogP contribution in [0.25, 0.3) is 0 Å². The van der Waals surface area contributed by atoms with Gasteiger partial charge >= 0.3 is 0 Å². The maximum atomic E-state index is 11.3. The Balaban J connectivity index is 2.29. The second kappa shape index (κ2) is 4.94. The van der Waals surface area contributed by atoms with E-state index < -0.39 is 0 Å². The lowest BCUT2D eigenvalue weighted by Gasteiger charge is -2.04. The first-order valence-corrected chi connectivity index (χ1v) is 5.11. The summed E-state index contributed by atoms with van der Waals surface area (Å²) in [5, 5.41) is 4.08. The highest BCUT2D eigenvalue weighted by Crippen LogP contribution is 2.07. The van der Waals surface area contributed by atoms with Crippen LogP contribution in [0, 0.1) is 5.92 Å². The molecule has 0 saturated carbocycles. The Labute approximate surface area is 85.1 Å². The van der Waals surface area contributed by atoms with Crippen molar-refractivity contribution in [3.8, 4) is 0 Å². The Bertz CT molecular complexity index is 302. The summed E-state index contributed by atoms with van der Waals surface area (Å²) >= 11 is 0. The van der Waals surface area contributed by atoms with Crippen LogP contribution < -0.4 is 0 Å². The molecule has 0 spiro atoms. The second-order valence-corrected chi connectivity index (χ2v) is 3.92. The third-order valence-electron chi connectivity index (χ3n) is 2.42. The van der Waals surface area contributed by atoms with Crippen molar-refractivity contribution in [3.63, 3.8) is 0 Å². The summed E-state index contributed by atoms with van der Waals surface area (Å²) in [4.78, 5) is 11.3. The first-order valence-electron chi connectivity index (χ1n) is 5.11. The van der Waals surface area contributed by atoms with Gasteiger partial charge in [0.2, 0.25) is 0 Å². The van der Waals surface area contributed by atoms with Gasteiger partial charge in [-0.15, -0.1) is 0 Å². The largest absolute Gasteiger partial charge is 0.299 e. The topological polar surface area (TPSA) is 34.9 Å². The third-order valence-corrected chi connectivity index (χ3v) is 2.42. The Morgan fingerprint density at radius 2 is 2.29 bits per heavy atom. The molecule has 0 atom stereocenters. The zero-order valence-corrected chi connectivity index (χ0v) is 9.16. The van der Waals surface area contributed by atoms with Crippen LogP contribution in [-0.4, -0.2) is 15.6 Å². The Morgan fingerprint density at radius 1 is 1.57 bits per heavy atom. The predicted octanol–water partition coefficient (Wildman–Crippen LogP) is 1.97. The summed E-state index contributed by atoms with van der Waals surface area (Å²) in [6, 6.07) is 2.00. The third kappa shape index (κ3) is 2.98. The number of hydrogen-bond donors (Lipinski definition) is 0. The average Bonchev–Trinajstić information content (AvgIpc) is 2.51. The highest BCUT2D eigenvalue weighted by Gasteiger charge is 2.07. The monoisotopic (exact) mass is 194 g/mol. The molecule has 0 saturated heterocycles. The number of aromatic nitrogens is 2. The number of nitrogens with zero attached hydrogens (tertiary/aromatic N) is 2. The highest BCUT2D eigenvalue weighted by molar-refractivity contribution is 5.80. The fraction of sp³-hybridized carbons (Fsp3) is 0.636. The van der Waals surface area contributed by atoms with Gasteiger partial charge in [0.15, 0.2) is 0 Å². The van der Waals surface area contributed by atoms with Crippen LogP contribution >= 0.6 is 0 Å². The minimum Gasteiger partial charge on any atom is -0.299 e. The number of carbonyl (C=O) groups excluding carboxylic acids is 1. The number of carbonyl (C=O) groups is 1. The van der Waals surface area contributed by atoms with Crippen LogP contribution in [0.5, 0.6) is 0 Å². The molecular weight excluding hydrogens is 176 g/mol. The molecule has 0 radical (unpaired) electrons. The number of Topliss-reactive ketones (excluding diaryl/α,β-unsaturated/α-hetero) is 1. The number of rotatable bonds is 5. The predicted molar refractivity (Wildman–Crippen MR) is 56.0 cm³/mol. The molecule has 0 bridgehead atoms. The van der Waals surface area contributed by atoms with Crippen molar-refractivity contribution in [1.29, 1.82) is 0 Å². The summed E-state index contributed by atoms with van der Waals surface area (Å²) < 4.78 is 1.86. The van der Waals surface area contributed by atoms with E-state index in [0.717, 1.165) is 12.8 Å². The molecule has 0 fully saturated rings. The molecule has 0 aliphatic rings. The van der Waals surface area contributed by atoms with Crippen LogP contribution in [0.15, 0.2) is 12.3 Å². The highest BCUT2D eigenvalue weighted by atomic mass is 16.1. The van der Waals surface area contributed by atoms with Gasteiger partial charge in [0, 0.05) is 31.3 Å². The van der Waals surface area contributed by atoms with E-state index in [2.05, 4.69) is 5.10 Å². The van der Waals surface area contributed by atoms with E-state index in [1.807, 2.05) is 31.6 Å². The smallest absolute Gasteiger partial charge is 0.135 e. The minimum absolute atomic E-state index is 0.168. The van der Waals surface area contributed by atoms with E-state index in [0.29, 0.717) is 12.2 Å². The molecule has 0 unspecified atom stereocenters. The molecule has 1 aromatic rings. The Kier molecular flexibility index (Phi) is 3.86. The molecule has 14 heavy (non-hydrogen) atoms. The first kappa shape index (κ1) is 11.0. The lowest BCUT2D eigenvalue weighted by atomic mass is 10.0. The maximum absolute atomic E-state index is 11.3. The van der Waals surface area contributed by atoms with Gasteiger partial charge in [-0.2, -0.15) is 5.10 Å². The standard InChI is InChI=1S/C11H18N2O/c1-9(2)11(14)6-4-5-10-7-8-12-13(10)3/h7-9H,4-6H2,1-3H3. The van der Waals surface area contributed by atoms with Gasteiger partial charge in [-0.1, -0.05) is 13.8 Å². The maximum Gasteiger partial charge on any atom is 0.135 e. The van der Waals surface area contributed by atoms with E-state index in [4.69, 9.17) is 0 Å². The van der Waals surface area contributed by atoms with Crippen LogP contribution in [-0.2, 0) is 18.3 Å². The van der Waals surface area contributed by atoms with Crippen molar-refractivity contribution in [1.82, 2.24) is 9.78 Å². The summed E-state index contributed by atoms with van der Waals surface area (Å²) in [6.07, 6.45) is 4.34. The molecule has 0 aromatic carbocycles. The van der Waals surface area contributed by atoms with E-state index in [-0.39, 0.29) is 5.92 Å². The molecule has 1 heterocycles. The fourth-order valence-corrected chi connectivity index (χ4v) is 1.38. The lowest BCUT2D eigenvalue weighted by Crippen LogP contribution is -2.07. The van der Waals surface area contributed by atoms with Gasteiger partial charge in [0.25, 0.3) is 0 Å². The van der Waals surface area contributed by atoms with Crippen molar-refractivity contribution in [2.45, 2.75) is 33.1 Å². The number of hydrogen-bond acceptors (Lipinski definition) is 2.